The highest BCUT2D eigenvalue weighted by Crippen LogP contribution is 2.33. The van der Waals surface area contributed by atoms with Gasteiger partial charge in [0, 0.05) is 17.5 Å². The topological polar surface area (TPSA) is 69.4 Å². The van der Waals surface area contributed by atoms with E-state index >= 15 is 0 Å². The molecule has 0 N–H and O–H groups in total. The van der Waals surface area contributed by atoms with Gasteiger partial charge in [-0.3, -0.25) is 14.9 Å². The Bertz CT molecular complexity index is 841. The second-order valence-corrected chi connectivity index (χ2v) is 6.24. The second-order valence-electron chi connectivity index (χ2n) is 6.24. The van der Waals surface area contributed by atoms with Crippen LogP contribution < -0.4 is 0 Å². The molecule has 0 saturated heterocycles. The Morgan fingerprint density at radius 1 is 1.24 bits per heavy atom. The number of hydrogen-bond donors (Lipinski definition) is 0. The Kier molecular flexibility index (Phi) is 4.93. The predicted octanol–water partition coefficient (Wildman–Crippen LogP) is 4.05. The van der Waals surface area contributed by atoms with Crippen LogP contribution in [0, 0.1) is 10.1 Å². The van der Waals surface area contributed by atoms with Crippen LogP contribution >= 0.6 is 0 Å². The molecule has 0 saturated carbocycles. The summed E-state index contributed by atoms with van der Waals surface area (Å²) in [5, 5.41) is 11.3. The lowest BCUT2D eigenvalue weighted by Gasteiger charge is -2.19. The third-order valence-electron chi connectivity index (χ3n) is 4.61. The summed E-state index contributed by atoms with van der Waals surface area (Å²) < 4.78 is 4.80. The monoisotopic (exact) mass is 337 g/mol. The summed E-state index contributed by atoms with van der Waals surface area (Å²) >= 11 is 0. The molecule has 0 radical (unpaired) electrons. The summed E-state index contributed by atoms with van der Waals surface area (Å²) in [6.07, 6.45) is 3.86. The third kappa shape index (κ3) is 3.60. The summed E-state index contributed by atoms with van der Waals surface area (Å²) in [6.45, 7) is 2.31. The molecule has 3 rings (SSSR count). The number of hydrogen-bond acceptors (Lipinski definition) is 4. The summed E-state index contributed by atoms with van der Waals surface area (Å²) in [5.74, 6) is -0.248. The molecule has 1 aliphatic carbocycles. The first-order chi connectivity index (χ1) is 12.1. The van der Waals surface area contributed by atoms with E-state index in [0.717, 1.165) is 18.4 Å². The van der Waals surface area contributed by atoms with E-state index in [-0.39, 0.29) is 23.1 Å². The molecule has 1 atom stereocenters. The number of allylic oxidation sites excluding steroid dienone is 2. The number of benzene rings is 2. The van der Waals surface area contributed by atoms with Crippen LogP contribution in [0.4, 0.5) is 5.69 Å². The smallest absolute Gasteiger partial charge is 0.293 e. The average molecular weight is 337 g/mol. The van der Waals surface area contributed by atoms with E-state index in [1.54, 1.807) is 12.1 Å². The van der Waals surface area contributed by atoms with Gasteiger partial charge in [0.1, 0.15) is 0 Å². The molecule has 25 heavy (non-hydrogen) atoms. The van der Waals surface area contributed by atoms with Gasteiger partial charge in [0.15, 0.2) is 0 Å². The number of rotatable bonds is 6. The first-order valence-corrected chi connectivity index (χ1v) is 8.20. The van der Waals surface area contributed by atoms with Crippen LogP contribution in [0.2, 0.25) is 0 Å². The summed E-state index contributed by atoms with van der Waals surface area (Å²) in [6, 6.07) is 13.5. The maximum Gasteiger partial charge on any atom is 0.293 e. The van der Waals surface area contributed by atoms with E-state index in [0.29, 0.717) is 12.0 Å². The van der Waals surface area contributed by atoms with Crippen LogP contribution in [0.15, 0.2) is 48.5 Å². The second kappa shape index (κ2) is 7.30. The van der Waals surface area contributed by atoms with Crippen LogP contribution in [-0.4, -0.2) is 18.0 Å². The molecule has 5 nitrogen and oxygen atoms in total. The molecule has 0 aliphatic heterocycles. The van der Waals surface area contributed by atoms with Gasteiger partial charge in [0.05, 0.1) is 11.5 Å². The lowest BCUT2D eigenvalue weighted by molar-refractivity contribution is -0.385. The van der Waals surface area contributed by atoms with Gasteiger partial charge in [-0.15, -0.1) is 0 Å². The molecule has 128 valence electrons. The van der Waals surface area contributed by atoms with Crippen molar-refractivity contribution in [3.63, 3.8) is 0 Å². The highest BCUT2D eigenvalue weighted by atomic mass is 16.6. The fourth-order valence-corrected chi connectivity index (χ4v) is 3.25. The van der Waals surface area contributed by atoms with E-state index in [1.807, 2.05) is 25.1 Å². The minimum absolute atomic E-state index is 0.0579. The van der Waals surface area contributed by atoms with Crippen LogP contribution in [0.3, 0.4) is 0 Å². The van der Waals surface area contributed by atoms with Crippen LogP contribution in [0.25, 0.3) is 5.57 Å². The van der Waals surface area contributed by atoms with Crippen molar-refractivity contribution >= 4 is 17.7 Å². The zero-order chi connectivity index (χ0) is 17.8. The quantitative estimate of drug-likeness (QED) is 0.453. The molecule has 0 amide bonds. The van der Waals surface area contributed by atoms with Crippen molar-refractivity contribution in [2.75, 3.05) is 6.61 Å². The van der Waals surface area contributed by atoms with Gasteiger partial charge in [0.2, 0.25) is 0 Å². The lowest BCUT2D eigenvalue weighted by Crippen LogP contribution is -2.08. The largest absolute Gasteiger partial charge is 0.467 e. The normalized spacial score (nSPS) is 14.2. The molecule has 0 aromatic heterocycles. The Hall–Kier alpha value is -2.95. The minimum atomic E-state index is -0.388. The summed E-state index contributed by atoms with van der Waals surface area (Å²) in [4.78, 5) is 21.4. The first-order valence-electron chi connectivity index (χ1n) is 8.20. The van der Waals surface area contributed by atoms with Crippen molar-refractivity contribution in [1.82, 2.24) is 0 Å². The molecule has 5 heteroatoms. The number of nitro benzene ring substituents is 1. The van der Waals surface area contributed by atoms with Gasteiger partial charge in [-0.05, 0) is 47.2 Å². The predicted molar refractivity (Wildman–Crippen MR) is 95.4 cm³/mol. The number of ether oxygens (including phenoxy) is 1. The molecule has 2 aromatic carbocycles. The fraction of sp³-hybridized carbons (Fsp3) is 0.250. The molecule has 1 aliphatic rings. The van der Waals surface area contributed by atoms with Gasteiger partial charge in [0.25, 0.3) is 12.2 Å². The number of carbonyl (C=O) groups is 1. The zero-order valence-electron chi connectivity index (χ0n) is 14.0. The van der Waals surface area contributed by atoms with Crippen LogP contribution in [-0.2, 0) is 22.4 Å². The highest BCUT2D eigenvalue weighted by Gasteiger charge is 2.21. The molecule has 0 spiro atoms. The van der Waals surface area contributed by atoms with Gasteiger partial charge in [-0.2, -0.15) is 0 Å². The van der Waals surface area contributed by atoms with Gasteiger partial charge < -0.3 is 4.74 Å². The fourth-order valence-electron chi connectivity index (χ4n) is 3.25. The Morgan fingerprint density at radius 2 is 2.00 bits per heavy atom. The molecular formula is C20H19NO4. The number of nitrogens with zero attached hydrogens (tertiary/aromatic N) is 1. The van der Waals surface area contributed by atoms with Crippen molar-refractivity contribution in [3.05, 3.63) is 80.9 Å². The van der Waals surface area contributed by atoms with E-state index in [9.17, 15) is 14.9 Å². The molecular weight excluding hydrogens is 318 g/mol. The van der Waals surface area contributed by atoms with Crippen molar-refractivity contribution < 1.29 is 14.5 Å². The number of carbonyl (C=O) groups excluding carboxylic acids is 1. The number of fused-ring (bicyclic) bond motifs is 1. The van der Waals surface area contributed by atoms with E-state index in [4.69, 9.17) is 4.74 Å². The molecule has 1 unspecified atom stereocenters. The van der Waals surface area contributed by atoms with Gasteiger partial charge in [-0.1, -0.05) is 37.3 Å². The van der Waals surface area contributed by atoms with E-state index in [2.05, 4.69) is 18.2 Å². The number of nitro groups is 1. The van der Waals surface area contributed by atoms with Crippen molar-refractivity contribution in [2.24, 2.45) is 0 Å². The van der Waals surface area contributed by atoms with Crippen molar-refractivity contribution in [2.45, 2.75) is 25.7 Å². The Morgan fingerprint density at radius 3 is 2.72 bits per heavy atom. The standard InChI is InChI=1S/C20H19NO4/c1-14(12-25-13-22)19-11-18(8-9-20(19)21(23)24)17-7-6-15-4-2-3-5-16(15)10-17/h2-5,7-9,11,13-14H,6,10,12H2,1H3. The maximum atomic E-state index is 11.3. The van der Waals surface area contributed by atoms with Crippen LogP contribution in [0.1, 0.15) is 35.1 Å². The Labute approximate surface area is 146 Å². The van der Waals surface area contributed by atoms with E-state index in [1.165, 1.54) is 16.7 Å². The minimum Gasteiger partial charge on any atom is -0.467 e. The molecule has 0 heterocycles. The molecule has 2 aromatic rings. The van der Waals surface area contributed by atoms with E-state index < -0.39 is 0 Å². The van der Waals surface area contributed by atoms with Crippen molar-refractivity contribution in [1.29, 1.82) is 0 Å². The molecule has 0 fully saturated rings. The SMILES string of the molecule is CC(COC=O)c1cc(C2=CCc3ccccc3C2)ccc1[N+](=O)[O-]. The first kappa shape index (κ1) is 16.9. The summed E-state index contributed by atoms with van der Waals surface area (Å²) in [5.41, 5.74) is 5.40. The third-order valence-corrected chi connectivity index (χ3v) is 4.61. The lowest BCUT2D eigenvalue weighted by atomic mass is 9.86. The summed E-state index contributed by atoms with van der Waals surface area (Å²) in [7, 11) is 0. The Balaban J connectivity index is 1.94. The van der Waals surface area contributed by atoms with Gasteiger partial charge >= 0.3 is 0 Å². The zero-order valence-corrected chi connectivity index (χ0v) is 14.0. The van der Waals surface area contributed by atoms with Crippen LogP contribution in [0.5, 0.6) is 0 Å². The maximum absolute atomic E-state index is 11.3. The molecule has 0 bridgehead atoms. The average Bonchev–Trinajstić information content (AvgIpc) is 2.65. The van der Waals surface area contributed by atoms with Gasteiger partial charge in [-0.25, -0.2) is 0 Å². The highest BCUT2D eigenvalue weighted by molar-refractivity contribution is 5.72. The van der Waals surface area contributed by atoms with Crippen molar-refractivity contribution in [3.8, 4) is 0 Å².